The number of nitrogens with zero attached hydrogens (tertiary/aromatic N) is 3. The molecule has 3 aromatic rings. The van der Waals surface area contributed by atoms with Crippen LogP contribution in [0, 0.1) is 5.92 Å². The molecule has 2 atom stereocenters. The standard InChI is InChI=1S/C23H26ClN5O6S2/c1-13(2)19(14-5-8-17-18(11-14)35-12-34-17)26-23-22(27-36(31)28-23)25-16-7-6-15(24)21(20(16)30)37(32,33)29-9-3-4-10-29/h5-8,11,13,19,30H,3-4,9-10,12H2,1-2H3,(H,25,27)(H,26,28)/t19-,36?/m1/s1. The number of aromatic amines is 1. The van der Waals surface area contributed by atoms with E-state index in [1.54, 1.807) is 0 Å². The predicted molar refractivity (Wildman–Crippen MR) is 137 cm³/mol. The number of aromatic hydroxyl groups is 1. The normalized spacial score (nSPS) is 17.5. The van der Waals surface area contributed by atoms with Crippen LogP contribution >= 0.6 is 22.7 Å². The molecule has 37 heavy (non-hydrogen) atoms. The molecule has 5 rings (SSSR count). The first-order valence-electron chi connectivity index (χ1n) is 11.7. The van der Waals surface area contributed by atoms with Crippen LogP contribution in [0.4, 0.5) is 11.5 Å². The molecule has 0 radical (unpaired) electrons. The highest BCUT2D eigenvalue weighted by atomic mass is 35.5. The number of rotatable bonds is 7. The Kier molecular flexibility index (Phi) is 7.07. The summed E-state index contributed by atoms with van der Waals surface area (Å²) in [5.41, 5.74) is 1.10. The van der Waals surface area contributed by atoms with Crippen LogP contribution in [0.5, 0.6) is 17.2 Å². The van der Waals surface area contributed by atoms with Crippen molar-refractivity contribution in [3.8, 4) is 17.2 Å². The van der Waals surface area contributed by atoms with Gasteiger partial charge in [-0.15, -0.1) is 4.37 Å². The second kappa shape index (κ2) is 10.1. The quantitative estimate of drug-likeness (QED) is 0.285. The van der Waals surface area contributed by atoms with Crippen molar-refractivity contribution in [1.82, 2.24) is 13.1 Å². The summed E-state index contributed by atoms with van der Waals surface area (Å²) in [4.78, 5) is 4.39. The average Bonchev–Trinajstić information content (AvgIpc) is 3.60. The van der Waals surface area contributed by atoms with E-state index in [1.165, 1.54) is 16.4 Å². The lowest BCUT2D eigenvalue weighted by atomic mass is 9.96. The van der Waals surface area contributed by atoms with Gasteiger partial charge >= 0.3 is 0 Å². The minimum Gasteiger partial charge on any atom is -0.548 e. The number of halogens is 1. The molecule has 198 valence electrons. The molecule has 3 heterocycles. The lowest BCUT2D eigenvalue weighted by Crippen LogP contribution is -2.28. The maximum Gasteiger partial charge on any atom is 0.248 e. The van der Waals surface area contributed by atoms with Crippen molar-refractivity contribution >= 4 is 44.3 Å². The van der Waals surface area contributed by atoms with E-state index in [1.807, 2.05) is 32.0 Å². The number of benzene rings is 2. The Balaban J connectivity index is 1.52. The van der Waals surface area contributed by atoms with Gasteiger partial charge in [-0.25, -0.2) is 8.42 Å². The van der Waals surface area contributed by atoms with Crippen molar-refractivity contribution in [1.29, 1.82) is 0 Å². The second-order valence-corrected chi connectivity index (χ2v) is 12.2. The van der Waals surface area contributed by atoms with Gasteiger partial charge < -0.3 is 24.4 Å². The van der Waals surface area contributed by atoms with E-state index in [4.69, 9.17) is 26.1 Å². The summed E-state index contributed by atoms with van der Waals surface area (Å²) in [6, 6.07) is 8.01. The van der Waals surface area contributed by atoms with Crippen LogP contribution in [0.3, 0.4) is 0 Å². The second-order valence-electron chi connectivity index (χ2n) is 9.08. The molecule has 0 bridgehead atoms. The monoisotopic (exact) mass is 567 g/mol. The van der Waals surface area contributed by atoms with Crippen molar-refractivity contribution in [2.45, 2.75) is 37.6 Å². The Hall–Kier alpha value is -2.84. The molecule has 1 fully saturated rings. The van der Waals surface area contributed by atoms with Gasteiger partial charge in [-0.1, -0.05) is 31.5 Å². The van der Waals surface area contributed by atoms with E-state index in [0.29, 0.717) is 24.6 Å². The molecule has 1 unspecified atom stereocenters. The molecular formula is C23H26ClN5O6S2. The fourth-order valence-electron chi connectivity index (χ4n) is 4.37. The van der Waals surface area contributed by atoms with E-state index in [0.717, 1.165) is 18.4 Å². The van der Waals surface area contributed by atoms with Crippen molar-refractivity contribution in [3.05, 3.63) is 46.4 Å². The van der Waals surface area contributed by atoms with Gasteiger partial charge in [-0.05, 0) is 48.6 Å². The van der Waals surface area contributed by atoms with Crippen LogP contribution in [-0.2, 0) is 10.0 Å². The Labute approximate surface area is 221 Å². The summed E-state index contributed by atoms with van der Waals surface area (Å²) in [5, 5.41) is 13.7. The van der Waals surface area contributed by atoms with E-state index in [9.17, 15) is 18.1 Å². The largest absolute Gasteiger partial charge is 0.548 e. The molecule has 14 heteroatoms. The predicted octanol–water partition coefficient (Wildman–Crippen LogP) is 4.05. The summed E-state index contributed by atoms with van der Waals surface area (Å²) in [6.07, 6.45) is 1.48. The van der Waals surface area contributed by atoms with Gasteiger partial charge in [0.15, 0.2) is 28.4 Å². The molecule has 2 aliphatic heterocycles. The average molecular weight is 568 g/mol. The Bertz CT molecular complexity index is 1500. The van der Waals surface area contributed by atoms with E-state index >= 15 is 0 Å². The third-order valence-corrected chi connectivity index (χ3v) is 9.34. The number of nitrogens with one attached hydrogen (secondary N) is 2. The van der Waals surface area contributed by atoms with Crippen LogP contribution in [0.1, 0.15) is 38.3 Å². The Morgan fingerprint density at radius 2 is 1.95 bits per heavy atom. The van der Waals surface area contributed by atoms with Crippen molar-refractivity contribution in [3.63, 3.8) is 0 Å². The van der Waals surface area contributed by atoms with Crippen molar-refractivity contribution < 1.29 is 27.6 Å². The number of ether oxygens (including phenoxy) is 2. The summed E-state index contributed by atoms with van der Waals surface area (Å²) in [7, 11) is -4.01. The molecule has 0 amide bonds. The van der Waals surface area contributed by atoms with Gasteiger partial charge in [-0.2, -0.15) is 4.31 Å². The van der Waals surface area contributed by atoms with Crippen LogP contribution < -0.4 is 20.3 Å². The lowest BCUT2D eigenvalue weighted by molar-refractivity contribution is 0.174. The third kappa shape index (κ3) is 5.01. The van der Waals surface area contributed by atoms with Gasteiger partial charge in [0.2, 0.25) is 28.1 Å². The van der Waals surface area contributed by atoms with Gasteiger partial charge in [0.1, 0.15) is 4.90 Å². The van der Waals surface area contributed by atoms with E-state index in [2.05, 4.69) is 14.1 Å². The Morgan fingerprint density at radius 3 is 2.68 bits per heavy atom. The molecule has 2 aliphatic rings. The zero-order valence-electron chi connectivity index (χ0n) is 20.1. The first-order chi connectivity index (χ1) is 17.6. The SMILES string of the molecule is CC(C)[C@@H](N=c1[nH][s+]([O-])nc1Nc1ccc(Cl)c(S(=O)(=O)N2CCCC2)c1O)c1ccc2c(c1)OCO2. The van der Waals surface area contributed by atoms with Crippen LogP contribution in [0.2, 0.25) is 5.02 Å². The van der Waals surface area contributed by atoms with Gasteiger partial charge in [-0.3, -0.25) is 4.99 Å². The number of H-pyrrole nitrogens is 1. The number of fused-ring (bicyclic) bond motifs is 1. The van der Waals surface area contributed by atoms with Crippen molar-refractivity contribution in [2.24, 2.45) is 10.9 Å². The first kappa shape index (κ1) is 25.8. The number of aromatic nitrogens is 2. The minimum absolute atomic E-state index is 0.0403. The first-order valence-corrected chi connectivity index (χ1v) is 14.6. The summed E-state index contributed by atoms with van der Waals surface area (Å²) in [5.74, 6) is 0.866. The van der Waals surface area contributed by atoms with E-state index in [-0.39, 0.29) is 45.7 Å². The third-order valence-electron chi connectivity index (χ3n) is 6.22. The molecule has 11 nitrogen and oxygen atoms in total. The highest BCUT2D eigenvalue weighted by Gasteiger charge is 2.33. The maximum absolute atomic E-state index is 13.2. The molecule has 0 spiro atoms. The Morgan fingerprint density at radius 1 is 1.22 bits per heavy atom. The fraction of sp³-hybridized carbons (Fsp3) is 0.391. The molecule has 2 aromatic carbocycles. The zero-order chi connectivity index (χ0) is 26.3. The fourth-order valence-corrected chi connectivity index (χ4v) is 7.14. The summed E-state index contributed by atoms with van der Waals surface area (Å²) >= 11 is 4.41. The van der Waals surface area contributed by atoms with Gasteiger partial charge in [0.05, 0.1) is 16.8 Å². The number of phenols is 1. The number of anilines is 2. The minimum atomic E-state index is -4.01. The van der Waals surface area contributed by atoms with Gasteiger partial charge in [0.25, 0.3) is 0 Å². The molecule has 1 aromatic heterocycles. The van der Waals surface area contributed by atoms with E-state index < -0.39 is 26.9 Å². The number of sulfonamides is 1. The van der Waals surface area contributed by atoms with Crippen LogP contribution in [0.15, 0.2) is 40.2 Å². The van der Waals surface area contributed by atoms with Crippen LogP contribution in [0.25, 0.3) is 0 Å². The van der Waals surface area contributed by atoms with Crippen molar-refractivity contribution in [2.75, 3.05) is 25.2 Å². The number of hydrogen-bond acceptors (Lipinski definition) is 9. The molecule has 1 saturated heterocycles. The maximum atomic E-state index is 13.2. The topological polar surface area (TPSA) is 152 Å². The highest BCUT2D eigenvalue weighted by molar-refractivity contribution is 7.89. The zero-order valence-corrected chi connectivity index (χ0v) is 22.5. The molecular weight excluding hydrogens is 542 g/mol. The van der Waals surface area contributed by atoms with Crippen LogP contribution in [-0.4, -0.2) is 51.0 Å². The molecule has 0 saturated carbocycles. The molecule has 0 aliphatic carbocycles. The lowest BCUT2D eigenvalue weighted by Gasteiger charge is -2.19. The van der Waals surface area contributed by atoms with Gasteiger partial charge in [0, 0.05) is 17.5 Å². The smallest absolute Gasteiger partial charge is 0.248 e. The molecule has 3 N–H and O–H groups in total. The number of hydrogen-bond donors (Lipinski definition) is 3. The summed E-state index contributed by atoms with van der Waals surface area (Å²) in [6.45, 7) is 4.87. The highest BCUT2D eigenvalue weighted by Crippen LogP contribution is 2.40. The number of phenolic OH excluding ortho intramolecular Hbond substituents is 1. The summed E-state index contributed by atoms with van der Waals surface area (Å²) < 4.78 is 57.6.